The molecule has 1 aliphatic carbocycles. The molecule has 1 N–H and O–H groups in total. The lowest BCUT2D eigenvalue weighted by atomic mass is 10.1. The zero-order valence-corrected chi connectivity index (χ0v) is 14.5. The molecule has 2 aromatic carbocycles. The Labute approximate surface area is 151 Å². The highest BCUT2D eigenvalue weighted by Gasteiger charge is 2.29. The Morgan fingerprint density at radius 1 is 1.15 bits per heavy atom. The molecule has 0 aromatic heterocycles. The molecule has 0 atom stereocenters. The van der Waals surface area contributed by atoms with Gasteiger partial charge < -0.3 is 9.47 Å². The first kappa shape index (κ1) is 17.7. The number of ether oxygens (including phenoxy) is 2. The van der Waals surface area contributed by atoms with Gasteiger partial charge in [-0.05, 0) is 42.7 Å². The number of hydrogen-bond donors (Lipinski definition) is 1. The number of amides is 1. The third-order valence-corrected chi connectivity index (χ3v) is 4.01. The standard InChI is InChI=1S/C20H20N2O4/c1-25-20(24)16-8-6-14(7-9-16)13-26-18-5-3-2-4-17(18)12-21-22-19(23)15-10-11-15/h2-9,12,15H,10-11,13H2,1H3,(H,22,23). The molecular formula is C20H20N2O4. The second kappa shape index (κ2) is 8.29. The first-order chi connectivity index (χ1) is 12.7. The lowest BCUT2D eigenvalue weighted by molar-refractivity contribution is -0.122. The first-order valence-corrected chi connectivity index (χ1v) is 8.39. The smallest absolute Gasteiger partial charge is 0.337 e. The van der Waals surface area contributed by atoms with Crippen molar-refractivity contribution in [1.82, 2.24) is 5.43 Å². The number of carbonyl (C=O) groups is 2. The van der Waals surface area contributed by atoms with Crippen LogP contribution in [0.3, 0.4) is 0 Å². The Kier molecular flexibility index (Phi) is 5.63. The highest BCUT2D eigenvalue weighted by Crippen LogP contribution is 2.28. The summed E-state index contributed by atoms with van der Waals surface area (Å²) < 4.78 is 10.5. The van der Waals surface area contributed by atoms with E-state index >= 15 is 0 Å². The van der Waals surface area contributed by atoms with Gasteiger partial charge in [0, 0.05) is 11.5 Å². The fourth-order valence-corrected chi connectivity index (χ4v) is 2.34. The summed E-state index contributed by atoms with van der Waals surface area (Å²) in [5.41, 5.74) is 4.74. The summed E-state index contributed by atoms with van der Waals surface area (Å²) in [6.07, 6.45) is 3.46. The lowest BCUT2D eigenvalue weighted by Gasteiger charge is -2.09. The van der Waals surface area contributed by atoms with Crippen molar-refractivity contribution in [3.05, 3.63) is 65.2 Å². The number of nitrogens with one attached hydrogen (secondary N) is 1. The van der Waals surface area contributed by atoms with Crippen molar-refractivity contribution >= 4 is 18.1 Å². The third-order valence-electron chi connectivity index (χ3n) is 4.01. The van der Waals surface area contributed by atoms with Crippen molar-refractivity contribution in [2.75, 3.05) is 7.11 Å². The number of hydrazone groups is 1. The van der Waals surface area contributed by atoms with E-state index in [1.807, 2.05) is 36.4 Å². The molecule has 2 aromatic rings. The van der Waals surface area contributed by atoms with E-state index in [1.54, 1.807) is 18.3 Å². The Hall–Kier alpha value is -3.15. The molecule has 0 bridgehead atoms. The van der Waals surface area contributed by atoms with Gasteiger partial charge in [0.15, 0.2) is 0 Å². The predicted octanol–water partition coefficient (Wildman–Crippen LogP) is 2.91. The van der Waals surface area contributed by atoms with Gasteiger partial charge in [0.25, 0.3) is 0 Å². The minimum atomic E-state index is -0.368. The van der Waals surface area contributed by atoms with Gasteiger partial charge >= 0.3 is 5.97 Å². The maximum Gasteiger partial charge on any atom is 0.337 e. The first-order valence-electron chi connectivity index (χ1n) is 8.39. The Morgan fingerprint density at radius 3 is 2.58 bits per heavy atom. The van der Waals surface area contributed by atoms with E-state index in [2.05, 4.69) is 15.3 Å². The molecule has 0 unspecified atom stereocenters. The number of hydrogen-bond acceptors (Lipinski definition) is 5. The lowest BCUT2D eigenvalue weighted by Crippen LogP contribution is -2.19. The van der Waals surface area contributed by atoms with Crippen molar-refractivity contribution < 1.29 is 19.1 Å². The average molecular weight is 352 g/mol. The van der Waals surface area contributed by atoms with Crippen LogP contribution in [0.4, 0.5) is 0 Å². The highest BCUT2D eigenvalue weighted by atomic mass is 16.5. The summed E-state index contributed by atoms with van der Waals surface area (Å²) in [5.74, 6) is 0.373. The second-order valence-corrected chi connectivity index (χ2v) is 6.02. The van der Waals surface area contributed by atoms with Gasteiger partial charge in [0.1, 0.15) is 12.4 Å². The van der Waals surface area contributed by atoms with Gasteiger partial charge in [-0.3, -0.25) is 4.79 Å². The number of para-hydroxylation sites is 1. The van der Waals surface area contributed by atoms with Crippen LogP contribution >= 0.6 is 0 Å². The Balaban J connectivity index is 1.60. The average Bonchev–Trinajstić information content (AvgIpc) is 3.52. The van der Waals surface area contributed by atoms with Gasteiger partial charge in [-0.1, -0.05) is 24.3 Å². The maximum absolute atomic E-state index is 11.6. The number of benzene rings is 2. The van der Waals surface area contributed by atoms with Crippen LogP contribution in [0.15, 0.2) is 53.6 Å². The summed E-state index contributed by atoms with van der Waals surface area (Å²) in [6.45, 7) is 0.348. The zero-order valence-electron chi connectivity index (χ0n) is 14.5. The summed E-state index contributed by atoms with van der Waals surface area (Å²) in [5, 5.41) is 4.00. The van der Waals surface area contributed by atoms with Crippen LogP contribution in [-0.4, -0.2) is 25.2 Å². The minimum absolute atomic E-state index is 0.0367. The summed E-state index contributed by atoms with van der Waals surface area (Å²) >= 11 is 0. The molecule has 0 saturated heterocycles. The SMILES string of the molecule is COC(=O)c1ccc(COc2ccccc2C=NNC(=O)C2CC2)cc1. The predicted molar refractivity (Wildman–Crippen MR) is 97.0 cm³/mol. The summed E-state index contributed by atoms with van der Waals surface area (Å²) in [6, 6.07) is 14.5. The number of nitrogens with zero attached hydrogens (tertiary/aromatic N) is 1. The fourth-order valence-electron chi connectivity index (χ4n) is 2.34. The normalized spacial score (nSPS) is 13.4. The topological polar surface area (TPSA) is 77.0 Å². The van der Waals surface area contributed by atoms with Gasteiger partial charge in [0.2, 0.25) is 5.91 Å². The quantitative estimate of drug-likeness (QED) is 0.472. The second-order valence-electron chi connectivity index (χ2n) is 6.02. The fraction of sp³-hybridized carbons (Fsp3) is 0.250. The van der Waals surface area contributed by atoms with Gasteiger partial charge in [-0.15, -0.1) is 0 Å². The molecule has 1 fully saturated rings. The monoisotopic (exact) mass is 352 g/mol. The molecule has 1 aliphatic rings. The van der Waals surface area contributed by atoms with Crippen LogP contribution < -0.4 is 10.2 Å². The molecule has 26 heavy (non-hydrogen) atoms. The molecule has 6 nitrogen and oxygen atoms in total. The van der Waals surface area contributed by atoms with Crippen LogP contribution in [-0.2, 0) is 16.1 Å². The van der Waals surface area contributed by atoms with Crippen molar-refractivity contribution in [2.24, 2.45) is 11.0 Å². The van der Waals surface area contributed by atoms with Crippen molar-refractivity contribution in [3.63, 3.8) is 0 Å². The molecule has 0 aliphatic heterocycles. The largest absolute Gasteiger partial charge is 0.488 e. The molecule has 1 amide bonds. The van der Waals surface area contributed by atoms with E-state index < -0.39 is 0 Å². The summed E-state index contributed by atoms with van der Waals surface area (Å²) in [7, 11) is 1.35. The molecule has 3 rings (SSSR count). The van der Waals surface area contributed by atoms with E-state index in [1.165, 1.54) is 7.11 Å². The molecule has 6 heteroatoms. The van der Waals surface area contributed by atoms with Crippen LogP contribution in [0.5, 0.6) is 5.75 Å². The van der Waals surface area contributed by atoms with Crippen LogP contribution in [0, 0.1) is 5.92 Å². The zero-order chi connectivity index (χ0) is 18.4. The van der Waals surface area contributed by atoms with Crippen molar-refractivity contribution in [3.8, 4) is 5.75 Å². The van der Waals surface area contributed by atoms with Crippen molar-refractivity contribution in [2.45, 2.75) is 19.4 Å². The van der Waals surface area contributed by atoms with E-state index in [0.717, 1.165) is 24.0 Å². The van der Waals surface area contributed by atoms with Gasteiger partial charge in [-0.25, -0.2) is 10.2 Å². The van der Waals surface area contributed by atoms with Gasteiger partial charge in [-0.2, -0.15) is 5.10 Å². The number of esters is 1. The summed E-state index contributed by atoms with van der Waals surface area (Å²) in [4.78, 5) is 23.0. The molecule has 1 saturated carbocycles. The van der Waals surface area contributed by atoms with Crippen LogP contribution in [0.25, 0.3) is 0 Å². The molecule has 0 spiro atoms. The van der Waals surface area contributed by atoms with Gasteiger partial charge in [0.05, 0.1) is 18.9 Å². The molecular weight excluding hydrogens is 332 g/mol. The number of carbonyl (C=O) groups excluding carboxylic acids is 2. The van der Waals surface area contributed by atoms with E-state index in [4.69, 9.17) is 4.74 Å². The van der Waals surface area contributed by atoms with E-state index in [0.29, 0.717) is 17.9 Å². The third kappa shape index (κ3) is 4.69. The van der Waals surface area contributed by atoms with Crippen LogP contribution in [0.1, 0.15) is 34.3 Å². The van der Waals surface area contributed by atoms with E-state index in [9.17, 15) is 9.59 Å². The van der Waals surface area contributed by atoms with E-state index in [-0.39, 0.29) is 17.8 Å². The Morgan fingerprint density at radius 2 is 1.88 bits per heavy atom. The molecule has 0 radical (unpaired) electrons. The number of rotatable bonds is 7. The van der Waals surface area contributed by atoms with Crippen molar-refractivity contribution in [1.29, 1.82) is 0 Å². The maximum atomic E-state index is 11.6. The molecule has 0 heterocycles. The minimum Gasteiger partial charge on any atom is -0.488 e. The number of methoxy groups -OCH3 is 1. The van der Waals surface area contributed by atoms with Crippen LogP contribution in [0.2, 0.25) is 0 Å². The Bertz CT molecular complexity index is 811. The molecule has 134 valence electrons. The highest BCUT2D eigenvalue weighted by molar-refractivity contribution is 5.89.